The quantitative estimate of drug-likeness (QED) is 0.917. The zero-order valence-corrected chi connectivity index (χ0v) is 11.4. The van der Waals surface area contributed by atoms with Gasteiger partial charge in [0, 0.05) is 26.0 Å². The van der Waals surface area contributed by atoms with Crippen LogP contribution in [0.25, 0.3) is 11.0 Å². The number of aliphatic hydroxyl groups is 1. The Morgan fingerprint density at radius 2 is 2.26 bits per heavy atom. The molecule has 1 aromatic heterocycles. The minimum Gasteiger partial charge on any atom is -0.392 e. The number of benzene rings is 1. The van der Waals surface area contributed by atoms with Gasteiger partial charge in [-0.15, -0.1) is 0 Å². The Morgan fingerprint density at radius 3 is 2.95 bits per heavy atom. The molecule has 0 bridgehead atoms. The van der Waals surface area contributed by atoms with Crippen LogP contribution in [0.15, 0.2) is 24.3 Å². The molecule has 2 heterocycles. The van der Waals surface area contributed by atoms with Gasteiger partial charge in [0.25, 0.3) is 0 Å². The van der Waals surface area contributed by atoms with E-state index in [9.17, 15) is 5.11 Å². The van der Waals surface area contributed by atoms with E-state index in [1.54, 1.807) is 0 Å². The summed E-state index contributed by atoms with van der Waals surface area (Å²) in [6, 6.07) is 8.06. The van der Waals surface area contributed by atoms with Gasteiger partial charge in [-0.1, -0.05) is 12.1 Å². The maximum Gasteiger partial charge on any atom is 0.112 e. The minimum absolute atomic E-state index is 0.143. The van der Waals surface area contributed by atoms with Gasteiger partial charge < -0.3 is 14.4 Å². The van der Waals surface area contributed by atoms with E-state index in [0.717, 1.165) is 29.9 Å². The Balaban J connectivity index is 1.83. The van der Waals surface area contributed by atoms with E-state index in [-0.39, 0.29) is 18.1 Å². The molecule has 3 unspecified atom stereocenters. The van der Waals surface area contributed by atoms with Crippen molar-refractivity contribution in [1.29, 1.82) is 0 Å². The Bertz CT molecular complexity index is 579. The highest BCUT2D eigenvalue weighted by Gasteiger charge is 2.31. The van der Waals surface area contributed by atoms with Crippen molar-refractivity contribution in [3.8, 4) is 0 Å². The number of hydrogen-bond acceptors (Lipinski definition) is 3. The summed E-state index contributed by atoms with van der Waals surface area (Å²) in [6.45, 7) is 2.79. The Kier molecular flexibility index (Phi) is 3.29. The molecule has 3 atom stereocenters. The number of imidazole rings is 1. The van der Waals surface area contributed by atoms with E-state index < -0.39 is 0 Å². The van der Waals surface area contributed by atoms with Crippen LogP contribution >= 0.6 is 0 Å². The minimum atomic E-state index is -0.381. The van der Waals surface area contributed by atoms with Gasteiger partial charge in [0.1, 0.15) is 5.82 Å². The van der Waals surface area contributed by atoms with Crippen molar-refractivity contribution < 1.29 is 9.84 Å². The summed E-state index contributed by atoms with van der Waals surface area (Å²) in [6.07, 6.45) is 1.29. The zero-order valence-electron chi connectivity index (χ0n) is 11.4. The van der Waals surface area contributed by atoms with Gasteiger partial charge in [0.2, 0.25) is 0 Å². The lowest BCUT2D eigenvalue weighted by atomic mass is 9.93. The monoisotopic (exact) mass is 260 g/mol. The number of aromatic nitrogens is 2. The van der Waals surface area contributed by atoms with Gasteiger partial charge in [0.05, 0.1) is 23.2 Å². The first-order chi connectivity index (χ1) is 9.16. The predicted octanol–water partition coefficient (Wildman–Crippen LogP) is 1.90. The number of aliphatic hydroxyl groups excluding tert-OH is 1. The molecule has 102 valence electrons. The summed E-state index contributed by atoms with van der Waals surface area (Å²) in [7, 11) is 2.01. The van der Waals surface area contributed by atoms with Crippen molar-refractivity contribution in [2.24, 2.45) is 13.0 Å². The van der Waals surface area contributed by atoms with Crippen LogP contribution in [0.4, 0.5) is 0 Å². The van der Waals surface area contributed by atoms with Gasteiger partial charge in [-0.05, 0) is 25.5 Å². The van der Waals surface area contributed by atoms with Crippen LogP contribution in [-0.4, -0.2) is 33.5 Å². The molecule has 0 aliphatic carbocycles. The van der Waals surface area contributed by atoms with Crippen LogP contribution in [0, 0.1) is 5.92 Å². The third-order valence-corrected chi connectivity index (χ3v) is 4.20. The van der Waals surface area contributed by atoms with E-state index in [1.165, 1.54) is 0 Å². The Hall–Kier alpha value is -1.39. The largest absolute Gasteiger partial charge is 0.392 e. The van der Waals surface area contributed by atoms with Crippen molar-refractivity contribution in [1.82, 2.24) is 9.55 Å². The summed E-state index contributed by atoms with van der Waals surface area (Å²) < 4.78 is 7.59. The highest BCUT2D eigenvalue weighted by Crippen LogP contribution is 2.26. The SMILES string of the molecule is CC1OCCC1C(O)Cc1nc2ccccc2n1C. The van der Waals surface area contributed by atoms with Crippen molar-refractivity contribution in [2.75, 3.05) is 6.61 Å². The van der Waals surface area contributed by atoms with Crippen LogP contribution in [0.2, 0.25) is 0 Å². The molecule has 2 aromatic rings. The first-order valence-electron chi connectivity index (χ1n) is 6.87. The normalized spacial score (nSPS) is 25.0. The van der Waals surface area contributed by atoms with Crippen LogP contribution in [0.3, 0.4) is 0 Å². The third kappa shape index (κ3) is 2.26. The highest BCUT2D eigenvalue weighted by molar-refractivity contribution is 5.75. The molecule has 4 heteroatoms. The smallest absolute Gasteiger partial charge is 0.112 e. The lowest BCUT2D eigenvalue weighted by molar-refractivity contribution is 0.0429. The second-order valence-electron chi connectivity index (χ2n) is 5.38. The van der Waals surface area contributed by atoms with Gasteiger partial charge in [-0.25, -0.2) is 4.98 Å². The molecule has 0 spiro atoms. The predicted molar refractivity (Wildman–Crippen MR) is 73.9 cm³/mol. The second-order valence-corrected chi connectivity index (χ2v) is 5.38. The van der Waals surface area contributed by atoms with Crippen LogP contribution in [0.1, 0.15) is 19.2 Å². The maximum absolute atomic E-state index is 10.4. The molecule has 1 N–H and O–H groups in total. The lowest BCUT2D eigenvalue weighted by Gasteiger charge is -2.20. The van der Waals surface area contributed by atoms with Crippen LogP contribution in [-0.2, 0) is 18.2 Å². The van der Waals surface area contributed by atoms with E-state index in [0.29, 0.717) is 6.42 Å². The fourth-order valence-corrected chi connectivity index (χ4v) is 2.97. The molecular formula is C15H20N2O2. The van der Waals surface area contributed by atoms with Crippen molar-refractivity contribution in [3.63, 3.8) is 0 Å². The third-order valence-electron chi connectivity index (χ3n) is 4.20. The number of ether oxygens (including phenoxy) is 1. The van der Waals surface area contributed by atoms with Gasteiger partial charge in [0.15, 0.2) is 0 Å². The Labute approximate surface area is 113 Å². The number of aryl methyl sites for hydroxylation is 1. The fourth-order valence-electron chi connectivity index (χ4n) is 2.97. The molecule has 4 nitrogen and oxygen atoms in total. The highest BCUT2D eigenvalue weighted by atomic mass is 16.5. The van der Waals surface area contributed by atoms with Crippen LogP contribution in [0.5, 0.6) is 0 Å². The molecule has 1 aromatic carbocycles. The molecule has 1 fully saturated rings. The van der Waals surface area contributed by atoms with Crippen molar-refractivity contribution in [3.05, 3.63) is 30.1 Å². The zero-order chi connectivity index (χ0) is 13.4. The molecule has 1 saturated heterocycles. The topological polar surface area (TPSA) is 47.3 Å². The van der Waals surface area contributed by atoms with Gasteiger partial charge in [-0.3, -0.25) is 0 Å². The van der Waals surface area contributed by atoms with E-state index in [1.807, 2.05) is 32.2 Å². The summed E-state index contributed by atoms with van der Waals surface area (Å²) in [4.78, 5) is 4.61. The molecule has 3 rings (SSSR count). The summed E-state index contributed by atoms with van der Waals surface area (Å²) >= 11 is 0. The molecule has 0 amide bonds. The van der Waals surface area contributed by atoms with E-state index in [4.69, 9.17) is 4.74 Å². The summed E-state index contributed by atoms with van der Waals surface area (Å²) in [5, 5.41) is 10.4. The fraction of sp³-hybridized carbons (Fsp3) is 0.533. The number of para-hydroxylation sites is 2. The average molecular weight is 260 g/mol. The summed E-state index contributed by atoms with van der Waals surface area (Å²) in [5.41, 5.74) is 2.10. The van der Waals surface area contributed by atoms with Gasteiger partial charge >= 0.3 is 0 Å². The van der Waals surface area contributed by atoms with E-state index >= 15 is 0 Å². The first kappa shape index (κ1) is 12.6. The van der Waals surface area contributed by atoms with Gasteiger partial charge in [-0.2, -0.15) is 0 Å². The molecule has 1 aliphatic heterocycles. The molecule has 19 heavy (non-hydrogen) atoms. The maximum atomic E-state index is 10.4. The van der Waals surface area contributed by atoms with Crippen LogP contribution < -0.4 is 0 Å². The van der Waals surface area contributed by atoms with Crippen molar-refractivity contribution >= 4 is 11.0 Å². The molecule has 0 radical (unpaired) electrons. The van der Waals surface area contributed by atoms with Crippen molar-refractivity contribution in [2.45, 2.75) is 32.0 Å². The second kappa shape index (κ2) is 4.94. The molecule has 0 saturated carbocycles. The first-order valence-corrected chi connectivity index (χ1v) is 6.87. The number of nitrogens with zero attached hydrogens (tertiary/aromatic N) is 2. The molecule has 1 aliphatic rings. The average Bonchev–Trinajstić information content (AvgIpc) is 2.95. The lowest BCUT2D eigenvalue weighted by Crippen LogP contribution is -2.29. The standard InChI is InChI=1S/C15H20N2O2/c1-10-11(7-8-19-10)14(18)9-15-16-12-5-3-4-6-13(12)17(15)2/h3-6,10-11,14,18H,7-9H2,1-2H3. The summed E-state index contributed by atoms with van der Waals surface area (Å²) in [5.74, 6) is 1.16. The van der Waals surface area contributed by atoms with E-state index in [2.05, 4.69) is 15.6 Å². The number of rotatable bonds is 3. The number of hydrogen-bond donors (Lipinski definition) is 1. The molecular weight excluding hydrogens is 240 g/mol. The number of fused-ring (bicyclic) bond motifs is 1. The Morgan fingerprint density at radius 1 is 1.47 bits per heavy atom.